The minimum atomic E-state index is -0.533. The molecule has 1 aromatic heterocycles. The van der Waals surface area contributed by atoms with E-state index in [1.165, 1.54) is 19.5 Å². The van der Waals surface area contributed by atoms with Gasteiger partial charge in [-0.2, -0.15) is 0 Å². The fourth-order valence-corrected chi connectivity index (χ4v) is 2.45. The molecule has 0 aliphatic carbocycles. The minimum Gasteiger partial charge on any atom is -0.465 e. The van der Waals surface area contributed by atoms with Crippen LogP contribution in [0.2, 0.25) is 0 Å². The van der Waals surface area contributed by atoms with Crippen molar-refractivity contribution >= 4 is 29.1 Å². The van der Waals surface area contributed by atoms with Gasteiger partial charge in [0.1, 0.15) is 11.5 Å². The van der Waals surface area contributed by atoms with Gasteiger partial charge in [-0.05, 0) is 36.8 Å². The Morgan fingerprint density at radius 2 is 1.81 bits per heavy atom. The van der Waals surface area contributed by atoms with Crippen molar-refractivity contribution in [1.29, 1.82) is 0 Å². The smallest absolute Gasteiger partial charge is 0.339 e. The van der Waals surface area contributed by atoms with Crippen molar-refractivity contribution in [3.8, 4) is 0 Å². The number of rotatable bonds is 5. The van der Waals surface area contributed by atoms with Crippen molar-refractivity contribution in [3.05, 3.63) is 77.7 Å². The van der Waals surface area contributed by atoms with Gasteiger partial charge in [0, 0.05) is 5.69 Å². The monoisotopic (exact) mass is 362 g/mol. The van der Waals surface area contributed by atoms with Crippen LogP contribution in [0.25, 0.3) is 0 Å². The number of para-hydroxylation sites is 1. The number of carbonyl (C=O) groups is 2. The molecule has 3 aromatic rings. The zero-order valence-electron chi connectivity index (χ0n) is 14.9. The average molecular weight is 362 g/mol. The summed E-state index contributed by atoms with van der Waals surface area (Å²) in [5.41, 5.74) is 2.74. The highest BCUT2D eigenvalue weighted by atomic mass is 16.5. The first-order chi connectivity index (χ1) is 13.1. The summed E-state index contributed by atoms with van der Waals surface area (Å²) in [7, 11) is 1.28. The van der Waals surface area contributed by atoms with Crippen LogP contribution in [-0.4, -0.2) is 29.0 Å². The number of nitrogens with zero attached hydrogens (tertiary/aromatic N) is 2. The molecule has 0 unspecified atom stereocenters. The Kier molecular flexibility index (Phi) is 5.41. The number of carbonyl (C=O) groups excluding carboxylic acids is 2. The molecule has 0 spiro atoms. The molecule has 1 amide bonds. The number of hydrogen-bond donors (Lipinski definition) is 2. The van der Waals surface area contributed by atoms with Gasteiger partial charge in [-0.15, -0.1) is 0 Å². The molecule has 2 N–H and O–H groups in total. The number of nitrogens with one attached hydrogen (secondary N) is 2. The van der Waals surface area contributed by atoms with E-state index in [0.29, 0.717) is 11.5 Å². The molecule has 0 fully saturated rings. The maximum Gasteiger partial charge on any atom is 0.339 e. The normalized spacial score (nSPS) is 10.1. The number of aromatic nitrogens is 2. The predicted molar refractivity (Wildman–Crippen MR) is 102 cm³/mol. The van der Waals surface area contributed by atoms with E-state index in [-0.39, 0.29) is 11.3 Å². The third-order valence-electron chi connectivity index (χ3n) is 3.76. The molecule has 27 heavy (non-hydrogen) atoms. The van der Waals surface area contributed by atoms with Crippen molar-refractivity contribution < 1.29 is 14.3 Å². The molecule has 136 valence electrons. The van der Waals surface area contributed by atoms with Crippen LogP contribution in [0.4, 0.5) is 17.2 Å². The van der Waals surface area contributed by atoms with Gasteiger partial charge >= 0.3 is 5.97 Å². The average Bonchev–Trinajstić information content (AvgIpc) is 2.68. The van der Waals surface area contributed by atoms with Crippen LogP contribution in [0, 0.1) is 6.92 Å². The summed E-state index contributed by atoms with van der Waals surface area (Å²) >= 11 is 0. The molecule has 0 saturated carbocycles. The van der Waals surface area contributed by atoms with E-state index in [1.54, 1.807) is 24.3 Å². The number of methoxy groups -OCH3 is 1. The maximum absolute atomic E-state index is 12.4. The van der Waals surface area contributed by atoms with Crippen molar-refractivity contribution in [2.45, 2.75) is 6.92 Å². The molecule has 3 rings (SSSR count). The van der Waals surface area contributed by atoms with Crippen molar-refractivity contribution in [1.82, 2.24) is 9.97 Å². The van der Waals surface area contributed by atoms with Crippen molar-refractivity contribution in [3.63, 3.8) is 0 Å². The van der Waals surface area contributed by atoms with Crippen LogP contribution in [0.5, 0.6) is 0 Å². The quantitative estimate of drug-likeness (QED) is 0.674. The summed E-state index contributed by atoms with van der Waals surface area (Å²) in [6.45, 7) is 2.00. The van der Waals surface area contributed by atoms with Gasteiger partial charge in [0.25, 0.3) is 5.91 Å². The topological polar surface area (TPSA) is 93.2 Å². The summed E-state index contributed by atoms with van der Waals surface area (Å²) in [5, 5.41) is 5.78. The first kappa shape index (κ1) is 18.1. The van der Waals surface area contributed by atoms with Gasteiger partial charge < -0.3 is 15.4 Å². The molecule has 7 nitrogen and oxygen atoms in total. The third-order valence-corrected chi connectivity index (χ3v) is 3.76. The molecule has 0 bridgehead atoms. The second kappa shape index (κ2) is 8.09. The van der Waals surface area contributed by atoms with Crippen LogP contribution in [-0.2, 0) is 4.74 Å². The Hall–Kier alpha value is -3.74. The summed E-state index contributed by atoms with van der Waals surface area (Å²) < 4.78 is 4.72. The molecule has 0 radical (unpaired) electrons. The van der Waals surface area contributed by atoms with E-state index in [0.717, 1.165) is 11.3 Å². The fraction of sp³-hybridized carbons (Fsp3) is 0.100. The van der Waals surface area contributed by atoms with Crippen LogP contribution in [0.3, 0.4) is 0 Å². The molecule has 1 heterocycles. The third kappa shape index (κ3) is 4.46. The van der Waals surface area contributed by atoms with E-state index < -0.39 is 11.9 Å². The maximum atomic E-state index is 12.4. The summed E-state index contributed by atoms with van der Waals surface area (Å²) in [6, 6.07) is 14.4. The molecule has 0 aliphatic heterocycles. The zero-order valence-corrected chi connectivity index (χ0v) is 14.9. The largest absolute Gasteiger partial charge is 0.465 e. The number of ether oxygens (including phenoxy) is 1. The van der Waals surface area contributed by atoms with E-state index in [2.05, 4.69) is 20.6 Å². The molecular weight excluding hydrogens is 344 g/mol. The van der Waals surface area contributed by atoms with Gasteiger partial charge in [-0.3, -0.25) is 4.79 Å². The second-order valence-electron chi connectivity index (χ2n) is 5.77. The van der Waals surface area contributed by atoms with Gasteiger partial charge in [0.15, 0.2) is 0 Å². The van der Waals surface area contributed by atoms with Crippen LogP contribution >= 0.6 is 0 Å². The Balaban J connectivity index is 1.72. The van der Waals surface area contributed by atoms with Crippen LogP contribution in [0.15, 0.2) is 60.9 Å². The summed E-state index contributed by atoms with van der Waals surface area (Å²) in [6.07, 6.45) is 2.84. The number of anilines is 3. The first-order valence-electron chi connectivity index (χ1n) is 8.21. The minimum absolute atomic E-state index is 0.129. The lowest BCUT2D eigenvalue weighted by atomic mass is 10.1. The molecular formula is C20H18N4O3. The molecule has 0 saturated heterocycles. The Bertz CT molecular complexity index is 971. The van der Waals surface area contributed by atoms with E-state index in [4.69, 9.17) is 4.74 Å². The highest BCUT2D eigenvalue weighted by molar-refractivity contribution is 6.06. The Morgan fingerprint density at radius 1 is 1.00 bits per heavy atom. The van der Waals surface area contributed by atoms with E-state index in [1.807, 2.05) is 31.2 Å². The van der Waals surface area contributed by atoms with E-state index >= 15 is 0 Å². The van der Waals surface area contributed by atoms with Crippen molar-refractivity contribution in [2.24, 2.45) is 0 Å². The van der Waals surface area contributed by atoms with Gasteiger partial charge in [0.05, 0.1) is 30.8 Å². The molecule has 0 aliphatic rings. The number of hydrogen-bond acceptors (Lipinski definition) is 6. The standard InChI is InChI=1S/C20H18N4O3/c1-13-6-5-7-14(10-13)23-18-12-21-17(11-22-18)19(25)24-16-9-4-3-8-15(16)20(26)27-2/h3-12H,1-2H3,(H,22,23)(H,24,25). The lowest BCUT2D eigenvalue weighted by molar-refractivity contribution is 0.0602. The predicted octanol–water partition coefficient (Wildman–Crippen LogP) is 3.57. The summed E-state index contributed by atoms with van der Waals surface area (Å²) in [5.74, 6) is -0.484. The van der Waals surface area contributed by atoms with Crippen LogP contribution < -0.4 is 10.6 Å². The second-order valence-corrected chi connectivity index (χ2v) is 5.77. The van der Waals surface area contributed by atoms with Gasteiger partial charge in [-0.25, -0.2) is 14.8 Å². The number of aryl methyl sites for hydroxylation is 1. The molecule has 2 aromatic carbocycles. The zero-order chi connectivity index (χ0) is 19.2. The Labute approximate surface area is 156 Å². The number of benzene rings is 2. The number of amides is 1. The van der Waals surface area contributed by atoms with Crippen LogP contribution in [0.1, 0.15) is 26.4 Å². The van der Waals surface area contributed by atoms with Gasteiger partial charge in [0.2, 0.25) is 0 Å². The highest BCUT2D eigenvalue weighted by Crippen LogP contribution is 2.18. The lowest BCUT2D eigenvalue weighted by Gasteiger charge is -2.10. The molecule has 0 atom stereocenters. The van der Waals surface area contributed by atoms with Gasteiger partial charge in [-0.1, -0.05) is 24.3 Å². The molecule has 7 heteroatoms. The highest BCUT2D eigenvalue weighted by Gasteiger charge is 2.15. The first-order valence-corrected chi connectivity index (χ1v) is 8.21. The summed E-state index contributed by atoms with van der Waals surface area (Å²) in [4.78, 5) is 32.5. The lowest BCUT2D eigenvalue weighted by Crippen LogP contribution is -2.17. The fourth-order valence-electron chi connectivity index (χ4n) is 2.45. The van der Waals surface area contributed by atoms with E-state index in [9.17, 15) is 9.59 Å². The number of esters is 1. The SMILES string of the molecule is COC(=O)c1ccccc1NC(=O)c1cnc(Nc2cccc(C)c2)cn1. The van der Waals surface area contributed by atoms with Crippen molar-refractivity contribution in [2.75, 3.05) is 17.7 Å². The Morgan fingerprint density at radius 3 is 2.52 bits per heavy atom.